The first-order valence-corrected chi connectivity index (χ1v) is 6.93. The summed E-state index contributed by atoms with van der Waals surface area (Å²) in [5.74, 6) is -1.24. The van der Waals surface area contributed by atoms with E-state index in [9.17, 15) is 14.4 Å². The van der Waals surface area contributed by atoms with E-state index in [2.05, 4.69) is 5.32 Å². The molecule has 1 aliphatic rings. The zero-order chi connectivity index (χ0) is 15.6. The molecule has 0 aliphatic carbocycles. The van der Waals surface area contributed by atoms with Gasteiger partial charge in [-0.25, -0.2) is 4.79 Å². The topological polar surface area (TPSA) is 72.5 Å². The summed E-state index contributed by atoms with van der Waals surface area (Å²) >= 11 is 0. The van der Waals surface area contributed by atoms with Gasteiger partial charge in [0.1, 0.15) is 5.60 Å². The minimum absolute atomic E-state index is 0.235. The van der Waals surface area contributed by atoms with Crippen LogP contribution in [0.25, 0.3) is 0 Å². The Morgan fingerprint density at radius 1 is 1.19 bits per heavy atom. The van der Waals surface area contributed by atoms with Crippen LogP contribution in [0.1, 0.15) is 55.5 Å². The van der Waals surface area contributed by atoms with Gasteiger partial charge in [-0.15, -0.1) is 0 Å². The molecule has 21 heavy (non-hydrogen) atoms. The van der Waals surface area contributed by atoms with E-state index in [0.29, 0.717) is 18.4 Å². The second-order valence-electron chi connectivity index (χ2n) is 6.13. The lowest BCUT2D eigenvalue weighted by Gasteiger charge is -2.22. The zero-order valence-corrected chi connectivity index (χ0v) is 12.4. The lowest BCUT2D eigenvalue weighted by Crippen LogP contribution is -2.39. The Morgan fingerprint density at radius 3 is 2.33 bits per heavy atom. The van der Waals surface area contributed by atoms with Crippen LogP contribution in [0.15, 0.2) is 24.3 Å². The number of benzene rings is 1. The minimum Gasteiger partial charge on any atom is -0.456 e. The van der Waals surface area contributed by atoms with Crippen LogP contribution in [-0.2, 0) is 14.3 Å². The number of imide groups is 1. The predicted octanol–water partition coefficient (Wildman–Crippen LogP) is 2.16. The van der Waals surface area contributed by atoms with Gasteiger partial charge in [-0.1, -0.05) is 12.1 Å². The Bertz CT molecular complexity index is 569. The van der Waals surface area contributed by atoms with Crippen LogP contribution in [0.3, 0.4) is 0 Å². The van der Waals surface area contributed by atoms with Crippen LogP contribution in [0.5, 0.6) is 0 Å². The third kappa shape index (κ3) is 3.90. The summed E-state index contributed by atoms with van der Waals surface area (Å²) in [5, 5.41) is 2.33. The fraction of sp³-hybridized carbons (Fsp3) is 0.438. The van der Waals surface area contributed by atoms with Crippen LogP contribution in [-0.4, -0.2) is 23.4 Å². The van der Waals surface area contributed by atoms with E-state index in [1.807, 2.05) is 20.8 Å². The number of hydrogen-bond donors (Lipinski definition) is 1. The maximum atomic E-state index is 11.9. The lowest BCUT2D eigenvalue weighted by molar-refractivity contribution is -0.134. The normalized spacial score (nSPS) is 19.1. The number of piperidine rings is 1. The molecule has 0 spiro atoms. The van der Waals surface area contributed by atoms with Crippen molar-refractivity contribution in [1.29, 1.82) is 0 Å². The molecule has 2 rings (SSSR count). The highest BCUT2D eigenvalue weighted by Crippen LogP contribution is 2.25. The molecule has 5 heteroatoms. The van der Waals surface area contributed by atoms with Crippen molar-refractivity contribution in [2.75, 3.05) is 0 Å². The second kappa shape index (κ2) is 5.68. The summed E-state index contributed by atoms with van der Waals surface area (Å²) in [7, 11) is 0. The number of amides is 2. The standard InChI is InChI=1S/C16H19NO4/c1-16(2,3)21-15(20)11-6-4-10(5-7-11)12-8-9-13(18)17-14(12)19/h4-7,12H,8-9H2,1-3H3,(H,17,18,19). The molecular formula is C16H19NO4. The summed E-state index contributed by atoms with van der Waals surface area (Å²) in [6, 6.07) is 6.76. The number of carbonyl (C=O) groups excluding carboxylic acids is 3. The van der Waals surface area contributed by atoms with E-state index in [-0.39, 0.29) is 17.7 Å². The molecule has 1 aliphatic heterocycles. The SMILES string of the molecule is CC(C)(C)OC(=O)c1ccc(C2CCC(=O)NC2=O)cc1. The molecule has 112 valence electrons. The second-order valence-corrected chi connectivity index (χ2v) is 6.13. The monoisotopic (exact) mass is 289 g/mol. The van der Waals surface area contributed by atoms with Crippen molar-refractivity contribution in [3.8, 4) is 0 Å². The van der Waals surface area contributed by atoms with Gasteiger partial charge in [-0.05, 0) is 44.9 Å². The van der Waals surface area contributed by atoms with Crippen molar-refractivity contribution in [2.24, 2.45) is 0 Å². The minimum atomic E-state index is -0.542. The molecule has 2 amide bonds. The Morgan fingerprint density at radius 2 is 1.81 bits per heavy atom. The summed E-state index contributed by atoms with van der Waals surface area (Å²) in [6.07, 6.45) is 0.834. The van der Waals surface area contributed by atoms with Crippen molar-refractivity contribution in [3.05, 3.63) is 35.4 Å². The first kappa shape index (κ1) is 15.2. The van der Waals surface area contributed by atoms with Gasteiger partial charge >= 0.3 is 5.97 Å². The quantitative estimate of drug-likeness (QED) is 0.669. The van der Waals surface area contributed by atoms with E-state index in [0.717, 1.165) is 5.56 Å². The highest BCUT2D eigenvalue weighted by molar-refractivity contribution is 6.01. The summed E-state index contributed by atoms with van der Waals surface area (Å²) in [5.41, 5.74) is 0.701. The molecule has 1 fully saturated rings. The highest BCUT2D eigenvalue weighted by Gasteiger charge is 2.28. The van der Waals surface area contributed by atoms with Crippen LogP contribution in [0, 0.1) is 0 Å². The van der Waals surface area contributed by atoms with Gasteiger partial charge in [0, 0.05) is 6.42 Å². The van der Waals surface area contributed by atoms with Gasteiger partial charge < -0.3 is 4.74 Å². The molecule has 0 radical (unpaired) electrons. The molecule has 1 saturated heterocycles. The van der Waals surface area contributed by atoms with Crippen LogP contribution < -0.4 is 5.32 Å². The van der Waals surface area contributed by atoms with E-state index in [4.69, 9.17) is 4.74 Å². The zero-order valence-electron chi connectivity index (χ0n) is 12.4. The van der Waals surface area contributed by atoms with Crippen molar-refractivity contribution < 1.29 is 19.1 Å². The Hall–Kier alpha value is -2.17. The van der Waals surface area contributed by atoms with Gasteiger partial charge in [0.15, 0.2) is 0 Å². The molecular weight excluding hydrogens is 270 g/mol. The molecule has 1 unspecified atom stereocenters. The highest BCUT2D eigenvalue weighted by atomic mass is 16.6. The summed E-state index contributed by atoms with van der Waals surface area (Å²) < 4.78 is 5.28. The van der Waals surface area contributed by atoms with Gasteiger partial charge in [-0.2, -0.15) is 0 Å². The number of esters is 1. The summed E-state index contributed by atoms with van der Waals surface area (Å²) in [4.78, 5) is 34.8. The van der Waals surface area contributed by atoms with Crippen LogP contribution >= 0.6 is 0 Å². The van der Waals surface area contributed by atoms with E-state index in [1.165, 1.54) is 0 Å². The van der Waals surface area contributed by atoms with Gasteiger partial charge in [-0.3, -0.25) is 14.9 Å². The molecule has 1 aromatic carbocycles. The first-order valence-electron chi connectivity index (χ1n) is 6.93. The molecule has 0 saturated carbocycles. The molecule has 1 atom stereocenters. The van der Waals surface area contributed by atoms with E-state index >= 15 is 0 Å². The summed E-state index contributed by atoms with van der Waals surface area (Å²) in [6.45, 7) is 5.42. The van der Waals surface area contributed by atoms with Crippen molar-refractivity contribution in [3.63, 3.8) is 0 Å². The predicted molar refractivity (Wildman–Crippen MR) is 76.7 cm³/mol. The van der Waals surface area contributed by atoms with Gasteiger partial charge in [0.25, 0.3) is 0 Å². The fourth-order valence-corrected chi connectivity index (χ4v) is 2.20. The number of nitrogens with one attached hydrogen (secondary N) is 1. The van der Waals surface area contributed by atoms with Crippen LogP contribution in [0.2, 0.25) is 0 Å². The first-order chi connectivity index (χ1) is 9.76. The Kier molecular flexibility index (Phi) is 4.11. The molecule has 1 aromatic rings. The molecule has 5 nitrogen and oxygen atoms in total. The van der Waals surface area contributed by atoms with E-state index < -0.39 is 11.6 Å². The molecule has 1 heterocycles. The third-order valence-electron chi connectivity index (χ3n) is 3.19. The van der Waals surface area contributed by atoms with Crippen molar-refractivity contribution in [1.82, 2.24) is 5.32 Å². The largest absolute Gasteiger partial charge is 0.456 e. The molecule has 0 bridgehead atoms. The van der Waals surface area contributed by atoms with Gasteiger partial charge in [0.05, 0.1) is 11.5 Å². The third-order valence-corrected chi connectivity index (χ3v) is 3.19. The molecule has 0 aromatic heterocycles. The number of ether oxygens (including phenoxy) is 1. The lowest BCUT2D eigenvalue weighted by atomic mass is 9.90. The number of hydrogen-bond acceptors (Lipinski definition) is 4. The molecule has 1 N–H and O–H groups in total. The van der Waals surface area contributed by atoms with E-state index in [1.54, 1.807) is 24.3 Å². The smallest absolute Gasteiger partial charge is 0.338 e. The fourth-order valence-electron chi connectivity index (χ4n) is 2.20. The van der Waals surface area contributed by atoms with Crippen molar-refractivity contribution in [2.45, 2.75) is 45.1 Å². The van der Waals surface area contributed by atoms with Gasteiger partial charge in [0.2, 0.25) is 11.8 Å². The average Bonchev–Trinajstić information content (AvgIpc) is 2.37. The maximum Gasteiger partial charge on any atom is 0.338 e. The number of rotatable bonds is 2. The average molecular weight is 289 g/mol. The Labute approximate surface area is 123 Å². The number of carbonyl (C=O) groups is 3. The maximum absolute atomic E-state index is 11.9. The van der Waals surface area contributed by atoms with Crippen molar-refractivity contribution >= 4 is 17.8 Å². The Balaban J connectivity index is 2.10. The van der Waals surface area contributed by atoms with Crippen LogP contribution in [0.4, 0.5) is 0 Å².